The van der Waals surface area contributed by atoms with Gasteiger partial charge in [-0.15, -0.1) is 0 Å². The van der Waals surface area contributed by atoms with E-state index in [0.29, 0.717) is 12.8 Å². The summed E-state index contributed by atoms with van der Waals surface area (Å²) >= 11 is 0. The van der Waals surface area contributed by atoms with Gasteiger partial charge < -0.3 is 31.0 Å². The Morgan fingerprint density at radius 3 is 1.66 bits per heavy atom. The molecule has 4 amide bonds. The molecule has 0 aliphatic rings. The van der Waals surface area contributed by atoms with Gasteiger partial charge in [-0.05, 0) is 44.4 Å². The number of nitrogens with two attached hydrogens (primary N) is 1. The number of likely N-dealkylation sites (N-methyl/N-ethyl adjacent to an activating group) is 2. The Morgan fingerprint density at radius 1 is 0.743 bits per heavy atom. The lowest BCUT2D eigenvalue weighted by Gasteiger charge is -2.32. The highest BCUT2D eigenvalue weighted by Crippen LogP contribution is 2.14. The third kappa shape index (κ3) is 10.3. The smallest absolute Gasteiger partial charge is 0.245 e. The predicted molar refractivity (Wildman–Crippen MR) is 136 cm³/mol. The van der Waals surface area contributed by atoms with Crippen molar-refractivity contribution in [1.82, 2.24) is 20.4 Å². The first-order chi connectivity index (χ1) is 16.0. The molecule has 0 rings (SSSR count). The zero-order valence-electron chi connectivity index (χ0n) is 23.1. The van der Waals surface area contributed by atoms with Crippen LogP contribution in [0.25, 0.3) is 0 Å². The van der Waals surface area contributed by atoms with Crippen molar-refractivity contribution in [2.24, 2.45) is 23.5 Å². The molecule has 0 fully saturated rings. The van der Waals surface area contributed by atoms with E-state index in [1.165, 1.54) is 30.7 Å². The van der Waals surface area contributed by atoms with E-state index in [9.17, 15) is 24.0 Å². The second-order valence-electron chi connectivity index (χ2n) is 10.6. The van der Waals surface area contributed by atoms with E-state index in [4.69, 9.17) is 5.73 Å². The van der Waals surface area contributed by atoms with Gasteiger partial charge in [0.25, 0.3) is 0 Å². The molecule has 10 heteroatoms. The highest BCUT2D eigenvalue weighted by molar-refractivity contribution is 5.94. The average Bonchev–Trinajstić information content (AvgIpc) is 2.77. The third-order valence-corrected chi connectivity index (χ3v) is 6.01. The van der Waals surface area contributed by atoms with Gasteiger partial charge in [0, 0.05) is 14.1 Å². The molecule has 0 aliphatic heterocycles. The second kappa shape index (κ2) is 14.8. The Bertz CT molecular complexity index is 740. The first-order valence-electron chi connectivity index (χ1n) is 12.4. The molecule has 0 bridgehead atoms. The Balaban J connectivity index is 5.29. The molecule has 0 spiro atoms. The average molecular weight is 498 g/mol. The van der Waals surface area contributed by atoms with E-state index in [0.717, 1.165) is 6.29 Å². The second-order valence-corrected chi connectivity index (χ2v) is 10.6. The molecule has 0 radical (unpaired) electrons. The van der Waals surface area contributed by atoms with Gasteiger partial charge in [-0.3, -0.25) is 19.2 Å². The Morgan fingerprint density at radius 2 is 1.23 bits per heavy atom. The zero-order valence-corrected chi connectivity index (χ0v) is 23.1. The number of hydrogen-bond acceptors (Lipinski definition) is 6. The van der Waals surface area contributed by atoms with E-state index >= 15 is 0 Å². The molecule has 0 aromatic carbocycles. The summed E-state index contributed by atoms with van der Waals surface area (Å²) in [5.74, 6) is -1.51. The normalized spacial score (nSPS) is 15.7. The van der Waals surface area contributed by atoms with Gasteiger partial charge in [0.1, 0.15) is 24.4 Å². The summed E-state index contributed by atoms with van der Waals surface area (Å²) in [4.78, 5) is 65.3. The van der Waals surface area contributed by atoms with Crippen LogP contribution in [0.1, 0.15) is 68.2 Å². The van der Waals surface area contributed by atoms with Crippen molar-refractivity contribution in [2.45, 2.75) is 98.4 Å². The van der Waals surface area contributed by atoms with Crippen LogP contribution < -0.4 is 16.4 Å². The molecule has 10 nitrogen and oxygen atoms in total. The molecule has 0 unspecified atom stereocenters. The molecular formula is C25H47N5O5. The summed E-state index contributed by atoms with van der Waals surface area (Å²) in [6, 6.07) is -3.95. The molecule has 0 aromatic rings. The maximum absolute atomic E-state index is 13.1. The van der Waals surface area contributed by atoms with Gasteiger partial charge in [-0.1, -0.05) is 41.5 Å². The van der Waals surface area contributed by atoms with Crippen molar-refractivity contribution in [3.8, 4) is 0 Å². The van der Waals surface area contributed by atoms with E-state index in [1.54, 1.807) is 7.05 Å². The van der Waals surface area contributed by atoms with Crippen molar-refractivity contribution >= 4 is 29.9 Å². The number of nitrogens with one attached hydrogen (secondary N) is 2. The zero-order chi connectivity index (χ0) is 27.6. The molecule has 0 aliphatic carbocycles. The van der Waals surface area contributed by atoms with E-state index in [1.807, 2.05) is 41.5 Å². The largest absolute Gasteiger partial charge is 0.343 e. The SMILES string of the molecule is CC(C)C[C@@H](C=O)N(C)C(=O)[C@@H](C)NC(=O)[C@H](C)NC(=O)[C@H](CC(C)C)N(C)C(=O)[C@@H](N)C(C)C. The van der Waals surface area contributed by atoms with Crippen molar-refractivity contribution in [3.63, 3.8) is 0 Å². The molecule has 202 valence electrons. The van der Waals surface area contributed by atoms with E-state index in [2.05, 4.69) is 10.6 Å². The summed E-state index contributed by atoms with van der Waals surface area (Å²) in [5.41, 5.74) is 6.00. The minimum absolute atomic E-state index is 0.0890. The number of amides is 4. The van der Waals surface area contributed by atoms with Crippen molar-refractivity contribution in [1.29, 1.82) is 0 Å². The van der Waals surface area contributed by atoms with Crippen LogP contribution in [0.2, 0.25) is 0 Å². The minimum atomic E-state index is -0.947. The van der Waals surface area contributed by atoms with Crippen LogP contribution in [0.5, 0.6) is 0 Å². The molecule has 4 N–H and O–H groups in total. The van der Waals surface area contributed by atoms with Gasteiger partial charge in [0.2, 0.25) is 23.6 Å². The summed E-state index contributed by atoms with van der Waals surface area (Å²) in [6.45, 7) is 14.5. The lowest BCUT2D eigenvalue weighted by Crippen LogP contribution is -2.58. The molecule has 5 atom stereocenters. The fraction of sp³-hybridized carbons (Fsp3) is 0.800. The van der Waals surface area contributed by atoms with Crippen LogP contribution in [0.3, 0.4) is 0 Å². The summed E-state index contributed by atoms with van der Waals surface area (Å²) in [6.07, 6.45) is 1.64. The van der Waals surface area contributed by atoms with E-state index < -0.39 is 47.9 Å². The number of hydrogen-bond donors (Lipinski definition) is 3. The monoisotopic (exact) mass is 497 g/mol. The summed E-state index contributed by atoms with van der Waals surface area (Å²) in [7, 11) is 3.07. The molecule has 0 saturated carbocycles. The van der Waals surface area contributed by atoms with Crippen LogP contribution in [0, 0.1) is 17.8 Å². The number of carbonyl (C=O) groups excluding carboxylic acids is 5. The van der Waals surface area contributed by atoms with Crippen molar-refractivity contribution in [3.05, 3.63) is 0 Å². The standard InChI is InChI=1S/C25H47N5O5/c1-14(2)11-19(13-31)29(9)24(34)18(8)28-22(32)17(7)27-23(33)20(12-15(3)4)30(10)25(35)21(26)16(5)6/h13-21H,11-12,26H2,1-10H3,(H,27,33)(H,28,32)/t17-,18+,19-,20-,21-/m0/s1. The first kappa shape index (κ1) is 32.5. The number of carbonyl (C=O) groups is 5. The van der Waals surface area contributed by atoms with Crippen LogP contribution in [0.4, 0.5) is 0 Å². The van der Waals surface area contributed by atoms with Crippen molar-refractivity contribution in [2.75, 3.05) is 14.1 Å². The lowest BCUT2D eigenvalue weighted by atomic mass is 9.98. The summed E-state index contributed by atoms with van der Waals surface area (Å²) in [5, 5.41) is 5.26. The Kier molecular flexibility index (Phi) is 13.8. The number of nitrogens with zero attached hydrogens (tertiary/aromatic N) is 2. The quantitative estimate of drug-likeness (QED) is 0.305. The molecular weight excluding hydrogens is 450 g/mol. The Hall–Kier alpha value is -2.49. The van der Waals surface area contributed by atoms with Gasteiger partial charge >= 0.3 is 0 Å². The fourth-order valence-electron chi connectivity index (χ4n) is 3.59. The van der Waals surface area contributed by atoms with Crippen LogP contribution in [0.15, 0.2) is 0 Å². The minimum Gasteiger partial charge on any atom is -0.343 e. The van der Waals surface area contributed by atoms with Crippen LogP contribution >= 0.6 is 0 Å². The summed E-state index contributed by atoms with van der Waals surface area (Å²) < 4.78 is 0. The maximum Gasteiger partial charge on any atom is 0.245 e. The van der Waals surface area contributed by atoms with E-state index in [-0.39, 0.29) is 23.7 Å². The van der Waals surface area contributed by atoms with Gasteiger partial charge in [-0.25, -0.2) is 0 Å². The first-order valence-corrected chi connectivity index (χ1v) is 12.4. The van der Waals surface area contributed by atoms with Gasteiger partial charge in [0.15, 0.2) is 0 Å². The molecule has 35 heavy (non-hydrogen) atoms. The van der Waals surface area contributed by atoms with Crippen LogP contribution in [-0.4, -0.2) is 84.0 Å². The highest BCUT2D eigenvalue weighted by Gasteiger charge is 2.33. The van der Waals surface area contributed by atoms with Gasteiger partial charge in [-0.2, -0.15) is 0 Å². The van der Waals surface area contributed by atoms with Gasteiger partial charge in [0.05, 0.1) is 12.1 Å². The Labute approximate surface area is 210 Å². The topological polar surface area (TPSA) is 142 Å². The highest BCUT2D eigenvalue weighted by atomic mass is 16.2. The number of aldehydes is 1. The third-order valence-electron chi connectivity index (χ3n) is 6.01. The maximum atomic E-state index is 13.1. The molecule has 0 saturated heterocycles. The molecule has 0 aromatic heterocycles. The molecule has 0 heterocycles. The lowest BCUT2D eigenvalue weighted by molar-refractivity contribution is -0.142. The van der Waals surface area contributed by atoms with Crippen LogP contribution in [-0.2, 0) is 24.0 Å². The van der Waals surface area contributed by atoms with Crippen molar-refractivity contribution < 1.29 is 24.0 Å². The fourth-order valence-corrected chi connectivity index (χ4v) is 3.59. The number of rotatable bonds is 14. The predicted octanol–water partition coefficient (Wildman–Crippen LogP) is 0.924.